The second kappa shape index (κ2) is 5.82. The standard InChI is InChI=1S/C16H25NO3/c1-10-4-6-11(7-5-10)12-8-13(18)15(19)14(12)17-9-16(2,3)20/h4-7,12-15,17-20H,8-9H2,1-3H3. The molecule has 4 atom stereocenters. The number of aryl methyl sites for hydroxylation is 1. The van der Waals surface area contributed by atoms with Gasteiger partial charge in [-0.2, -0.15) is 0 Å². The largest absolute Gasteiger partial charge is 0.390 e. The lowest BCUT2D eigenvalue weighted by Crippen LogP contribution is -2.47. The third kappa shape index (κ3) is 3.58. The van der Waals surface area contributed by atoms with Crippen molar-refractivity contribution in [2.45, 2.75) is 57.0 Å². The molecular formula is C16H25NO3. The predicted octanol–water partition coefficient (Wildman–Crippen LogP) is 0.933. The van der Waals surface area contributed by atoms with E-state index in [-0.39, 0.29) is 12.0 Å². The molecule has 4 unspecified atom stereocenters. The maximum absolute atomic E-state index is 10.1. The molecule has 4 nitrogen and oxygen atoms in total. The Bertz CT molecular complexity index is 438. The van der Waals surface area contributed by atoms with E-state index in [9.17, 15) is 15.3 Å². The van der Waals surface area contributed by atoms with Crippen molar-refractivity contribution in [3.63, 3.8) is 0 Å². The minimum atomic E-state index is -0.842. The lowest BCUT2D eigenvalue weighted by molar-refractivity contribution is 0.0212. The first-order valence-corrected chi connectivity index (χ1v) is 7.16. The normalized spacial score (nSPS) is 30.7. The molecule has 112 valence electrons. The molecule has 0 heterocycles. The van der Waals surface area contributed by atoms with E-state index in [2.05, 4.69) is 5.32 Å². The van der Waals surface area contributed by atoms with E-state index in [4.69, 9.17) is 0 Å². The van der Waals surface area contributed by atoms with Crippen LogP contribution in [0.25, 0.3) is 0 Å². The van der Waals surface area contributed by atoms with Crippen LogP contribution in [0.3, 0.4) is 0 Å². The van der Waals surface area contributed by atoms with Crippen molar-refractivity contribution in [3.05, 3.63) is 35.4 Å². The summed E-state index contributed by atoms with van der Waals surface area (Å²) in [5.74, 6) is 0.0583. The molecule has 0 bridgehead atoms. The molecule has 2 rings (SSSR count). The Hall–Kier alpha value is -0.940. The lowest BCUT2D eigenvalue weighted by atomic mass is 9.92. The Morgan fingerprint density at radius 2 is 1.80 bits per heavy atom. The molecule has 0 radical (unpaired) electrons. The molecule has 1 saturated carbocycles. The van der Waals surface area contributed by atoms with Crippen molar-refractivity contribution in [3.8, 4) is 0 Å². The summed E-state index contributed by atoms with van der Waals surface area (Å²) in [6.45, 7) is 5.85. The molecule has 20 heavy (non-hydrogen) atoms. The maximum Gasteiger partial charge on any atom is 0.0957 e. The summed E-state index contributed by atoms with van der Waals surface area (Å²) in [5.41, 5.74) is 1.46. The fourth-order valence-corrected chi connectivity index (χ4v) is 2.81. The van der Waals surface area contributed by atoms with Gasteiger partial charge in [-0.3, -0.25) is 0 Å². The van der Waals surface area contributed by atoms with Crippen molar-refractivity contribution < 1.29 is 15.3 Å². The van der Waals surface area contributed by atoms with Crippen LogP contribution in [-0.4, -0.2) is 45.7 Å². The number of aliphatic hydroxyl groups is 3. The van der Waals surface area contributed by atoms with Crippen molar-refractivity contribution in [1.82, 2.24) is 5.32 Å². The molecule has 1 aliphatic carbocycles. The molecule has 0 saturated heterocycles. The number of rotatable bonds is 4. The van der Waals surface area contributed by atoms with Crippen molar-refractivity contribution in [1.29, 1.82) is 0 Å². The van der Waals surface area contributed by atoms with Gasteiger partial charge in [0.2, 0.25) is 0 Å². The van der Waals surface area contributed by atoms with Gasteiger partial charge in [0.05, 0.1) is 17.8 Å². The Labute approximate surface area is 120 Å². The van der Waals surface area contributed by atoms with Crippen molar-refractivity contribution >= 4 is 0 Å². The van der Waals surface area contributed by atoms with Crippen LogP contribution in [0.2, 0.25) is 0 Å². The summed E-state index contributed by atoms with van der Waals surface area (Å²) < 4.78 is 0. The molecule has 1 aromatic rings. The summed E-state index contributed by atoms with van der Waals surface area (Å²) in [6, 6.07) is 7.94. The number of nitrogens with one attached hydrogen (secondary N) is 1. The van der Waals surface area contributed by atoms with Gasteiger partial charge in [0.15, 0.2) is 0 Å². The Morgan fingerprint density at radius 1 is 1.20 bits per heavy atom. The zero-order chi connectivity index (χ0) is 14.9. The Morgan fingerprint density at radius 3 is 2.35 bits per heavy atom. The van der Waals surface area contributed by atoms with E-state index in [1.165, 1.54) is 5.56 Å². The Kier molecular flexibility index (Phi) is 4.49. The average molecular weight is 279 g/mol. The maximum atomic E-state index is 10.1. The highest BCUT2D eigenvalue weighted by Crippen LogP contribution is 2.35. The third-order valence-electron chi connectivity index (χ3n) is 3.97. The molecule has 1 fully saturated rings. The molecule has 4 heteroatoms. The molecular weight excluding hydrogens is 254 g/mol. The second-order valence-electron chi connectivity index (χ2n) is 6.53. The summed E-state index contributed by atoms with van der Waals surface area (Å²) in [6.07, 6.45) is -0.988. The van der Waals surface area contributed by atoms with E-state index in [0.29, 0.717) is 13.0 Å². The molecule has 1 aromatic carbocycles. The molecule has 4 N–H and O–H groups in total. The summed E-state index contributed by atoms with van der Waals surface area (Å²) in [4.78, 5) is 0. The minimum Gasteiger partial charge on any atom is -0.390 e. The highest BCUT2D eigenvalue weighted by molar-refractivity contribution is 5.28. The smallest absolute Gasteiger partial charge is 0.0957 e. The second-order valence-corrected chi connectivity index (χ2v) is 6.53. The predicted molar refractivity (Wildman–Crippen MR) is 78.6 cm³/mol. The van der Waals surface area contributed by atoms with Gasteiger partial charge in [0, 0.05) is 18.5 Å². The third-order valence-corrected chi connectivity index (χ3v) is 3.97. The van der Waals surface area contributed by atoms with Crippen LogP contribution in [0.4, 0.5) is 0 Å². The van der Waals surface area contributed by atoms with Gasteiger partial charge in [-0.15, -0.1) is 0 Å². The molecule has 1 aliphatic rings. The number of aliphatic hydroxyl groups excluding tert-OH is 2. The van der Waals surface area contributed by atoms with Crippen molar-refractivity contribution in [2.24, 2.45) is 0 Å². The zero-order valence-corrected chi connectivity index (χ0v) is 12.4. The number of hydrogen-bond donors (Lipinski definition) is 4. The first-order chi connectivity index (χ1) is 9.28. The first kappa shape index (κ1) is 15.4. The monoisotopic (exact) mass is 279 g/mol. The summed E-state index contributed by atoms with van der Waals surface area (Å²) in [5, 5.41) is 33.1. The topological polar surface area (TPSA) is 72.7 Å². The lowest BCUT2D eigenvalue weighted by Gasteiger charge is -2.27. The van der Waals surface area contributed by atoms with Crippen LogP contribution < -0.4 is 5.32 Å². The van der Waals surface area contributed by atoms with Gasteiger partial charge in [0.25, 0.3) is 0 Å². The van der Waals surface area contributed by atoms with Gasteiger partial charge in [-0.25, -0.2) is 0 Å². The molecule has 0 amide bonds. The first-order valence-electron chi connectivity index (χ1n) is 7.16. The van der Waals surface area contributed by atoms with Gasteiger partial charge in [-0.1, -0.05) is 29.8 Å². The van der Waals surface area contributed by atoms with Crippen LogP contribution in [0.15, 0.2) is 24.3 Å². The zero-order valence-electron chi connectivity index (χ0n) is 12.4. The van der Waals surface area contributed by atoms with Crippen molar-refractivity contribution in [2.75, 3.05) is 6.54 Å². The van der Waals surface area contributed by atoms with Gasteiger partial charge in [-0.05, 0) is 32.8 Å². The minimum absolute atomic E-state index is 0.0583. The average Bonchev–Trinajstić information content (AvgIpc) is 2.63. The summed E-state index contributed by atoms with van der Waals surface area (Å²) in [7, 11) is 0. The quantitative estimate of drug-likeness (QED) is 0.662. The van der Waals surface area contributed by atoms with Crippen LogP contribution in [0, 0.1) is 6.92 Å². The van der Waals surface area contributed by atoms with E-state index >= 15 is 0 Å². The fraction of sp³-hybridized carbons (Fsp3) is 0.625. The number of hydrogen-bond acceptors (Lipinski definition) is 4. The van der Waals surface area contributed by atoms with E-state index < -0.39 is 17.8 Å². The molecule has 0 spiro atoms. The fourth-order valence-electron chi connectivity index (χ4n) is 2.81. The van der Waals surface area contributed by atoms with Gasteiger partial charge >= 0.3 is 0 Å². The molecule has 0 aromatic heterocycles. The SMILES string of the molecule is Cc1ccc(C2CC(O)C(O)C2NCC(C)(C)O)cc1. The van der Waals surface area contributed by atoms with Gasteiger partial charge in [0.1, 0.15) is 0 Å². The van der Waals surface area contributed by atoms with E-state index in [1.54, 1.807) is 13.8 Å². The van der Waals surface area contributed by atoms with E-state index in [1.807, 2.05) is 31.2 Å². The summed E-state index contributed by atoms with van der Waals surface area (Å²) >= 11 is 0. The van der Waals surface area contributed by atoms with Crippen LogP contribution >= 0.6 is 0 Å². The molecule has 0 aliphatic heterocycles. The van der Waals surface area contributed by atoms with E-state index in [0.717, 1.165) is 5.56 Å². The highest BCUT2D eigenvalue weighted by Gasteiger charge is 2.42. The van der Waals surface area contributed by atoms with Crippen LogP contribution in [-0.2, 0) is 0 Å². The van der Waals surface area contributed by atoms with Gasteiger partial charge < -0.3 is 20.6 Å². The Balaban J connectivity index is 2.15. The van der Waals surface area contributed by atoms with Crippen LogP contribution in [0.1, 0.15) is 37.3 Å². The van der Waals surface area contributed by atoms with Crippen LogP contribution in [0.5, 0.6) is 0 Å². The highest BCUT2D eigenvalue weighted by atomic mass is 16.3. The number of benzene rings is 1.